The number of unbranched alkanes of at least 4 members (excludes halogenated alkanes) is 21. The monoisotopic (exact) mass is 1030 g/mol. The zero-order chi connectivity index (χ0) is 54.0. The third-order valence-corrected chi connectivity index (χ3v) is 12.9. The molecule has 404 valence electrons. The van der Waals surface area contributed by atoms with E-state index >= 15 is 0 Å². The van der Waals surface area contributed by atoms with Gasteiger partial charge in [0, 0.05) is 19.8 Å². The van der Waals surface area contributed by atoms with Crippen LogP contribution in [0.25, 0.3) is 16.7 Å². The van der Waals surface area contributed by atoms with Crippen molar-refractivity contribution in [1.29, 1.82) is 15.8 Å². The molecule has 0 unspecified atom stereocenters. The lowest BCUT2D eigenvalue weighted by Gasteiger charge is -2.18. The van der Waals surface area contributed by atoms with Crippen LogP contribution < -0.4 is 0 Å². The van der Waals surface area contributed by atoms with E-state index < -0.39 is 17.9 Å². The molecule has 0 spiro atoms. The molecule has 0 fully saturated rings. The maximum absolute atomic E-state index is 12.4. The van der Waals surface area contributed by atoms with Gasteiger partial charge in [-0.15, -0.1) is 0 Å². The molecular weight excluding hydrogens is 943 g/mol. The Labute approximate surface area is 448 Å². The van der Waals surface area contributed by atoms with Crippen molar-refractivity contribution in [2.24, 2.45) is 0 Å². The number of esters is 3. The first-order chi connectivity index (χ1) is 36.7. The second kappa shape index (κ2) is 41.0. The molecule has 0 aliphatic rings. The van der Waals surface area contributed by atoms with Gasteiger partial charge in [-0.1, -0.05) is 172 Å². The fraction of sp³-hybridized carbons (Fsp3) is 0.524. The summed E-state index contributed by atoms with van der Waals surface area (Å²) in [6.07, 6.45) is 25.5. The third-order valence-electron chi connectivity index (χ3n) is 12.9. The summed E-state index contributed by atoms with van der Waals surface area (Å²) in [5.74, 6) is -1.26. The van der Waals surface area contributed by atoms with Crippen molar-refractivity contribution in [3.8, 4) is 18.2 Å². The van der Waals surface area contributed by atoms with Crippen molar-refractivity contribution in [2.45, 2.75) is 160 Å². The highest BCUT2D eigenvalue weighted by atomic mass is 16.6. The molecule has 12 heteroatoms. The van der Waals surface area contributed by atoms with Crippen LogP contribution in [0.2, 0.25) is 0 Å². The smallest absolute Gasteiger partial charge is 0.338 e. The second-order valence-corrected chi connectivity index (χ2v) is 19.0. The molecule has 0 aromatic heterocycles. The molecule has 0 aliphatic heterocycles. The largest absolute Gasteiger partial charge is 0.462 e. The molecule has 0 saturated carbocycles. The lowest BCUT2D eigenvalue weighted by atomic mass is 10.1. The van der Waals surface area contributed by atoms with Crippen LogP contribution >= 0.6 is 0 Å². The molecule has 0 saturated heterocycles. The Morgan fingerprint density at radius 3 is 0.827 bits per heavy atom. The van der Waals surface area contributed by atoms with Crippen LogP contribution in [0.15, 0.2) is 92.5 Å². The quantitative estimate of drug-likeness (QED) is 0.0227. The molecule has 3 rings (SSSR count). The number of nitrogens with zero attached hydrogens (tertiary/aromatic N) is 3. The Hall–Kier alpha value is -6.36. The number of ether oxygens (including phenoxy) is 6. The van der Waals surface area contributed by atoms with Gasteiger partial charge in [-0.05, 0) is 91.6 Å². The molecule has 0 amide bonds. The minimum Gasteiger partial charge on any atom is -0.462 e. The Morgan fingerprint density at radius 1 is 0.347 bits per heavy atom. The summed E-state index contributed by atoms with van der Waals surface area (Å²) in [6, 6.07) is 26.5. The molecule has 0 radical (unpaired) electrons. The Balaban J connectivity index is 1.20. The lowest BCUT2D eigenvalue weighted by molar-refractivity contribution is -0.137. The number of nitriles is 3. The standard InChI is InChI=1S/C63H83N3O9/c1-51(57-34-28-54(46-64)29-35-57)61(67)73-43-25-19-13-6-4-10-16-22-40-70-49-60(72-42-24-18-12-8-9-15-21-27-45-75-63(69)53(3)59-38-32-56(48-66)33-39-59)50-71-41-23-17-11-5-7-14-20-26-44-74-62(68)52(2)58-36-30-55(47-65)31-37-58/h28-39,60H,1-27,40-45,49-50H2. The van der Waals surface area contributed by atoms with E-state index in [0.717, 1.165) is 135 Å². The summed E-state index contributed by atoms with van der Waals surface area (Å²) < 4.78 is 34.7. The average Bonchev–Trinajstić information content (AvgIpc) is 3.44. The number of benzene rings is 3. The minimum atomic E-state index is -0.420. The van der Waals surface area contributed by atoms with E-state index in [1.807, 2.05) is 0 Å². The van der Waals surface area contributed by atoms with Crippen LogP contribution in [0, 0.1) is 34.0 Å². The van der Waals surface area contributed by atoms with Crippen LogP contribution in [0.4, 0.5) is 0 Å². The molecule has 0 N–H and O–H groups in total. The highest BCUT2D eigenvalue weighted by Gasteiger charge is 2.14. The summed E-state index contributed by atoms with van der Waals surface area (Å²) in [5, 5.41) is 26.9. The summed E-state index contributed by atoms with van der Waals surface area (Å²) >= 11 is 0. The van der Waals surface area contributed by atoms with Gasteiger partial charge in [0.05, 0.1) is 84.7 Å². The predicted molar refractivity (Wildman–Crippen MR) is 296 cm³/mol. The molecule has 12 nitrogen and oxygen atoms in total. The molecule has 3 aromatic carbocycles. The maximum Gasteiger partial charge on any atom is 0.338 e. The van der Waals surface area contributed by atoms with Crippen LogP contribution in [-0.2, 0) is 42.8 Å². The van der Waals surface area contributed by atoms with Gasteiger partial charge in [0.25, 0.3) is 0 Å². The second-order valence-electron chi connectivity index (χ2n) is 19.0. The van der Waals surface area contributed by atoms with Gasteiger partial charge in [-0.2, -0.15) is 15.8 Å². The summed E-state index contributed by atoms with van der Waals surface area (Å²) in [6.45, 7) is 15.8. The van der Waals surface area contributed by atoms with E-state index in [4.69, 9.17) is 44.2 Å². The van der Waals surface area contributed by atoms with Crippen LogP contribution in [-0.4, -0.2) is 76.9 Å². The number of hydrogen-bond acceptors (Lipinski definition) is 12. The number of carbonyl (C=O) groups is 3. The third kappa shape index (κ3) is 28.8. The topological polar surface area (TPSA) is 178 Å². The highest BCUT2D eigenvalue weighted by molar-refractivity contribution is 6.16. The normalized spacial score (nSPS) is 10.8. The molecular formula is C63H83N3O9. The minimum absolute atomic E-state index is 0.0954. The van der Waals surface area contributed by atoms with Gasteiger partial charge in [-0.25, -0.2) is 14.4 Å². The van der Waals surface area contributed by atoms with Gasteiger partial charge in [0.15, 0.2) is 0 Å². The lowest BCUT2D eigenvalue weighted by Crippen LogP contribution is -2.26. The molecule has 0 heterocycles. The average molecular weight is 1030 g/mol. The van der Waals surface area contributed by atoms with E-state index in [1.54, 1.807) is 72.8 Å². The van der Waals surface area contributed by atoms with E-state index in [1.165, 1.54) is 19.3 Å². The van der Waals surface area contributed by atoms with Gasteiger partial charge in [0.2, 0.25) is 0 Å². The Morgan fingerprint density at radius 2 is 0.573 bits per heavy atom. The molecule has 75 heavy (non-hydrogen) atoms. The zero-order valence-corrected chi connectivity index (χ0v) is 44.8. The number of rotatable bonds is 44. The first-order valence-corrected chi connectivity index (χ1v) is 27.5. The van der Waals surface area contributed by atoms with Crippen LogP contribution in [0.3, 0.4) is 0 Å². The van der Waals surface area contributed by atoms with Gasteiger partial charge in [0.1, 0.15) is 6.10 Å². The van der Waals surface area contributed by atoms with Crippen LogP contribution in [0.1, 0.15) is 187 Å². The zero-order valence-electron chi connectivity index (χ0n) is 44.8. The first-order valence-electron chi connectivity index (χ1n) is 27.5. The number of hydrogen-bond donors (Lipinski definition) is 0. The predicted octanol–water partition coefficient (Wildman–Crippen LogP) is 14.2. The Kier molecular flexibility index (Phi) is 34.4. The van der Waals surface area contributed by atoms with Crippen molar-refractivity contribution < 1.29 is 42.8 Å². The van der Waals surface area contributed by atoms with Gasteiger partial charge in [-0.3, -0.25) is 0 Å². The van der Waals surface area contributed by atoms with Crippen molar-refractivity contribution in [3.63, 3.8) is 0 Å². The van der Waals surface area contributed by atoms with Gasteiger partial charge < -0.3 is 28.4 Å². The highest BCUT2D eigenvalue weighted by Crippen LogP contribution is 2.19. The molecule has 0 aliphatic carbocycles. The summed E-state index contributed by atoms with van der Waals surface area (Å²) in [5.41, 5.74) is 4.51. The van der Waals surface area contributed by atoms with Crippen molar-refractivity contribution >= 4 is 34.6 Å². The van der Waals surface area contributed by atoms with Crippen molar-refractivity contribution in [1.82, 2.24) is 0 Å². The Bertz CT molecular complexity index is 2140. The molecule has 0 atom stereocenters. The maximum atomic E-state index is 12.4. The number of carbonyl (C=O) groups excluding carboxylic acids is 3. The van der Waals surface area contributed by atoms with E-state index in [-0.39, 0.29) is 6.10 Å². The van der Waals surface area contributed by atoms with Crippen molar-refractivity contribution in [3.05, 3.63) is 126 Å². The first kappa shape index (κ1) is 62.9. The SMILES string of the molecule is C=C(C(=O)OCCCCCCCCCCOCC(COCCCCCCCCCCOC(=O)C(=C)c1ccc(C#N)cc1)OCCCCCCCCCCOC(=O)C(=C)c1ccc(C#N)cc1)c1ccc(C#N)cc1. The van der Waals surface area contributed by atoms with Gasteiger partial charge >= 0.3 is 17.9 Å². The fourth-order valence-electron chi connectivity index (χ4n) is 8.17. The fourth-order valence-corrected chi connectivity index (χ4v) is 8.17. The van der Waals surface area contributed by atoms with E-state index in [9.17, 15) is 14.4 Å². The van der Waals surface area contributed by atoms with Crippen molar-refractivity contribution in [2.75, 3.05) is 52.9 Å². The van der Waals surface area contributed by atoms with Crippen LogP contribution in [0.5, 0.6) is 0 Å². The summed E-state index contributed by atoms with van der Waals surface area (Å²) in [4.78, 5) is 37.1. The van der Waals surface area contributed by atoms with E-state index in [2.05, 4.69) is 37.9 Å². The molecule has 0 bridgehead atoms. The van der Waals surface area contributed by atoms with E-state index in [0.29, 0.717) is 103 Å². The summed E-state index contributed by atoms with van der Waals surface area (Å²) in [7, 11) is 0. The molecule has 3 aromatic rings.